The number of nitrogens with zero attached hydrogens (tertiary/aromatic N) is 3. The number of rotatable bonds is 5. The number of amides is 1. The molecule has 0 radical (unpaired) electrons. The summed E-state index contributed by atoms with van der Waals surface area (Å²) in [5.41, 5.74) is 3.49. The predicted octanol–water partition coefficient (Wildman–Crippen LogP) is 4.16. The number of benzene rings is 1. The molecule has 1 aromatic carbocycles. The van der Waals surface area contributed by atoms with Crippen LogP contribution in [0, 0.1) is 19.8 Å². The molecular formula is C22H31N3O2S. The molecule has 0 N–H and O–H groups in total. The van der Waals surface area contributed by atoms with Gasteiger partial charge in [-0.2, -0.15) is 0 Å². The van der Waals surface area contributed by atoms with Crippen molar-refractivity contribution >= 4 is 32.6 Å². The Morgan fingerprint density at radius 3 is 2.71 bits per heavy atom. The Kier molecular flexibility index (Phi) is 6.28. The molecule has 1 amide bonds. The maximum absolute atomic E-state index is 13.4. The molecule has 2 fully saturated rings. The Hall–Kier alpha value is -1.50. The summed E-state index contributed by atoms with van der Waals surface area (Å²) in [6.07, 6.45) is 5.65. The number of morpholine rings is 1. The van der Waals surface area contributed by atoms with Gasteiger partial charge < -0.3 is 4.74 Å². The number of aryl methyl sites for hydroxylation is 2. The van der Waals surface area contributed by atoms with Gasteiger partial charge in [-0.1, -0.05) is 36.7 Å². The normalized spacial score (nSPS) is 19.2. The number of ether oxygens (including phenoxy) is 1. The van der Waals surface area contributed by atoms with Crippen LogP contribution in [-0.2, 0) is 9.53 Å². The van der Waals surface area contributed by atoms with Crippen LogP contribution in [0.25, 0.3) is 10.2 Å². The first-order valence-electron chi connectivity index (χ1n) is 10.6. The molecule has 0 unspecified atom stereocenters. The van der Waals surface area contributed by atoms with Gasteiger partial charge in [0.05, 0.1) is 23.4 Å². The zero-order valence-electron chi connectivity index (χ0n) is 17.1. The number of carbonyl (C=O) groups excluding carboxylic acids is 1. The van der Waals surface area contributed by atoms with E-state index in [1.165, 1.54) is 35.1 Å². The van der Waals surface area contributed by atoms with Crippen LogP contribution in [-0.4, -0.2) is 55.2 Å². The highest BCUT2D eigenvalue weighted by Crippen LogP contribution is 2.34. The first kappa shape index (κ1) is 19.8. The van der Waals surface area contributed by atoms with E-state index in [2.05, 4.69) is 30.9 Å². The molecule has 28 heavy (non-hydrogen) atoms. The summed E-state index contributed by atoms with van der Waals surface area (Å²) in [5.74, 6) is 0.440. The number of fused-ring (bicyclic) bond motifs is 1. The molecule has 0 bridgehead atoms. The van der Waals surface area contributed by atoms with Crippen LogP contribution in [0.2, 0.25) is 0 Å². The molecule has 2 aromatic rings. The first-order chi connectivity index (χ1) is 13.6. The molecule has 2 heterocycles. The van der Waals surface area contributed by atoms with E-state index in [9.17, 15) is 4.79 Å². The van der Waals surface area contributed by atoms with Gasteiger partial charge in [-0.15, -0.1) is 0 Å². The summed E-state index contributed by atoms with van der Waals surface area (Å²) in [6, 6.07) is 4.33. The minimum atomic E-state index is 0.160. The summed E-state index contributed by atoms with van der Waals surface area (Å²) in [7, 11) is 0. The fourth-order valence-electron chi connectivity index (χ4n) is 4.42. The van der Waals surface area contributed by atoms with Crippen LogP contribution in [0.4, 0.5) is 5.13 Å². The van der Waals surface area contributed by atoms with Crippen molar-refractivity contribution in [3.63, 3.8) is 0 Å². The summed E-state index contributed by atoms with van der Waals surface area (Å²) >= 11 is 1.67. The van der Waals surface area contributed by atoms with Gasteiger partial charge in [0, 0.05) is 32.1 Å². The van der Waals surface area contributed by atoms with Crippen molar-refractivity contribution in [3.8, 4) is 0 Å². The standard InChI is InChI=1S/C22H31N3O2S/c1-16-14-17(2)20-19(15-16)23-22(28-20)25(9-8-24-10-12-27-13-11-24)21(26)18-6-4-3-5-7-18/h14-15,18H,3-13H2,1-2H3. The average Bonchev–Trinajstić information content (AvgIpc) is 3.13. The van der Waals surface area contributed by atoms with Crippen molar-refractivity contribution in [3.05, 3.63) is 23.3 Å². The van der Waals surface area contributed by atoms with E-state index in [-0.39, 0.29) is 11.8 Å². The summed E-state index contributed by atoms with van der Waals surface area (Å²) in [4.78, 5) is 22.7. The van der Waals surface area contributed by atoms with Crippen LogP contribution >= 0.6 is 11.3 Å². The molecule has 0 atom stereocenters. The molecule has 4 rings (SSSR count). The van der Waals surface area contributed by atoms with Gasteiger partial charge in [-0.3, -0.25) is 14.6 Å². The Balaban J connectivity index is 1.59. The lowest BCUT2D eigenvalue weighted by atomic mass is 9.88. The lowest BCUT2D eigenvalue weighted by Gasteiger charge is -2.31. The zero-order chi connectivity index (χ0) is 19.5. The van der Waals surface area contributed by atoms with E-state index in [0.29, 0.717) is 6.54 Å². The Morgan fingerprint density at radius 1 is 1.21 bits per heavy atom. The maximum atomic E-state index is 13.4. The van der Waals surface area contributed by atoms with Gasteiger partial charge in [0.1, 0.15) is 0 Å². The third kappa shape index (κ3) is 4.39. The number of anilines is 1. The number of aromatic nitrogens is 1. The van der Waals surface area contributed by atoms with E-state index < -0.39 is 0 Å². The van der Waals surface area contributed by atoms with Crippen LogP contribution in [0.1, 0.15) is 43.2 Å². The average molecular weight is 402 g/mol. The number of carbonyl (C=O) groups is 1. The van der Waals surface area contributed by atoms with Crippen molar-refractivity contribution in [2.45, 2.75) is 46.0 Å². The van der Waals surface area contributed by atoms with E-state index in [1.807, 2.05) is 4.90 Å². The lowest BCUT2D eigenvalue weighted by Crippen LogP contribution is -2.45. The number of hydrogen-bond donors (Lipinski definition) is 0. The largest absolute Gasteiger partial charge is 0.379 e. The molecular weight excluding hydrogens is 370 g/mol. The van der Waals surface area contributed by atoms with Gasteiger partial charge >= 0.3 is 0 Å². The smallest absolute Gasteiger partial charge is 0.231 e. The highest BCUT2D eigenvalue weighted by Gasteiger charge is 2.29. The monoisotopic (exact) mass is 401 g/mol. The van der Waals surface area contributed by atoms with E-state index >= 15 is 0 Å². The molecule has 1 aliphatic carbocycles. The molecule has 6 heteroatoms. The summed E-state index contributed by atoms with van der Waals surface area (Å²) in [6.45, 7) is 9.32. The van der Waals surface area contributed by atoms with Crippen LogP contribution in [0.3, 0.4) is 0 Å². The first-order valence-corrected chi connectivity index (χ1v) is 11.4. The SMILES string of the molecule is Cc1cc(C)c2sc(N(CCN3CCOCC3)C(=O)C3CCCCC3)nc2c1. The lowest BCUT2D eigenvalue weighted by molar-refractivity contribution is -0.123. The second-order valence-electron chi connectivity index (χ2n) is 8.21. The molecule has 1 aromatic heterocycles. The van der Waals surface area contributed by atoms with Crippen molar-refractivity contribution in [1.29, 1.82) is 0 Å². The van der Waals surface area contributed by atoms with E-state index in [4.69, 9.17) is 9.72 Å². The minimum Gasteiger partial charge on any atom is -0.379 e. The van der Waals surface area contributed by atoms with Crippen LogP contribution < -0.4 is 4.90 Å². The van der Waals surface area contributed by atoms with Crippen LogP contribution in [0.5, 0.6) is 0 Å². The molecule has 0 spiro atoms. The van der Waals surface area contributed by atoms with Gasteiger partial charge in [0.25, 0.3) is 0 Å². The Morgan fingerprint density at radius 2 is 1.96 bits per heavy atom. The Labute approximate surface area is 171 Å². The maximum Gasteiger partial charge on any atom is 0.231 e. The van der Waals surface area contributed by atoms with Crippen molar-refractivity contribution < 1.29 is 9.53 Å². The topological polar surface area (TPSA) is 45.7 Å². The third-order valence-corrected chi connectivity index (χ3v) is 7.23. The number of hydrogen-bond acceptors (Lipinski definition) is 5. The summed E-state index contributed by atoms with van der Waals surface area (Å²) in [5, 5.41) is 0.868. The quantitative estimate of drug-likeness (QED) is 0.755. The van der Waals surface area contributed by atoms with Gasteiger partial charge in [-0.05, 0) is 43.9 Å². The highest BCUT2D eigenvalue weighted by molar-refractivity contribution is 7.22. The van der Waals surface area contributed by atoms with Crippen molar-refractivity contribution in [1.82, 2.24) is 9.88 Å². The van der Waals surface area contributed by atoms with E-state index in [1.54, 1.807) is 11.3 Å². The fraction of sp³-hybridized carbons (Fsp3) is 0.636. The number of thiazole rings is 1. The second kappa shape index (κ2) is 8.89. The van der Waals surface area contributed by atoms with E-state index in [0.717, 1.165) is 56.3 Å². The minimum absolute atomic E-state index is 0.160. The third-order valence-electron chi connectivity index (χ3n) is 6.00. The molecule has 2 aliphatic rings. The second-order valence-corrected chi connectivity index (χ2v) is 9.18. The zero-order valence-corrected chi connectivity index (χ0v) is 17.9. The molecule has 152 valence electrons. The van der Waals surface area contributed by atoms with Crippen molar-refractivity contribution in [2.75, 3.05) is 44.3 Å². The molecule has 5 nitrogen and oxygen atoms in total. The van der Waals surface area contributed by atoms with Gasteiger partial charge in [0.15, 0.2) is 5.13 Å². The fourth-order valence-corrected chi connectivity index (χ4v) is 5.46. The molecule has 1 saturated carbocycles. The highest BCUT2D eigenvalue weighted by atomic mass is 32.1. The van der Waals surface area contributed by atoms with Crippen LogP contribution in [0.15, 0.2) is 12.1 Å². The summed E-state index contributed by atoms with van der Waals surface area (Å²) < 4.78 is 6.67. The van der Waals surface area contributed by atoms with Gasteiger partial charge in [-0.25, -0.2) is 4.98 Å². The molecule has 1 saturated heterocycles. The molecule has 1 aliphatic heterocycles. The Bertz CT molecular complexity index is 823. The van der Waals surface area contributed by atoms with Gasteiger partial charge in [0.2, 0.25) is 5.91 Å². The predicted molar refractivity (Wildman–Crippen MR) is 115 cm³/mol. The van der Waals surface area contributed by atoms with Crippen molar-refractivity contribution in [2.24, 2.45) is 5.92 Å².